The molecule has 84 valence electrons. The minimum absolute atomic E-state index is 0.616. The Morgan fingerprint density at radius 3 is 2.80 bits per heavy atom. The van der Waals surface area contributed by atoms with E-state index < -0.39 is 0 Å². The average molecular weight is 244 g/mol. The van der Waals surface area contributed by atoms with Crippen LogP contribution in [0.2, 0.25) is 5.02 Å². The van der Waals surface area contributed by atoms with Crippen molar-refractivity contribution in [3.05, 3.63) is 21.3 Å². The van der Waals surface area contributed by atoms with Crippen LogP contribution >= 0.6 is 22.9 Å². The predicted octanol–water partition coefficient (Wildman–Crippen LogP) is 4.02. The summed E-state index contributed by atoms with van der Waals surface area (Å²) in [6.45, 7) is 0.804. The van der Waals surface area contributed by atoms with Gasteiger partial charge < -0.3 is 5.73 Å². The molecule has 1 nitrogen and oxygen atoms in total. The summed E-state index contributed by atoms with van der Waals surface area (Å²) in [4.78, 5) is 1.37. The fourth-order valence-corrected chi connectivity index (χ4v) is 4.01. The normalized spacial score (nSPS) is 27.6. The summed E-state index contributed by atoms with van der Waals surface area (Å²) in [6, 6.07) is 2.01. The molecule has 0 aromatic carbocycles. The molecular formula is C12H18ClNS. The fourth-order valence-electron chi connectivity index (χ4n) is 2.58. The van der Waals surface area contributed by atoms with E-state index in [1.165, 1.54) is 37.0 Å². The van der Waals surface area contributed by atoms with Crippen LogP contribution in [0.15, 0.2) is 11.4 Å². The van der Waals surface area contributed by atoms with Crippen molar-refractivity contribution in [3.63, 3.8) is 0 Å². The highest BCUT2D eigenvalue weighted by molar-refractivity contribution is 7.10. The van der Waals surface area contributed by atoms with Gasteiger partial charge in [0.2, 0.25) is 0 Å². The van der Waals surface area contributed by atoms with Crippen molar-refractivity contribution < 1.29 is 0 Å². The van der Waals surface area contributed by atoms with Gasteiger partial charge >= 0.3 is 0 Å². The third kappa shape index (κ3) is 2.55. The van der Waals surface area contributed by atoms with E-state index in [0.29, 0.717) is 11.8 Å². The smallest absolute Gasteiger partial charge is 0.0547 e. The maximum Gasteiger partial charge on any atom is 0.0547 e. The molecule has 1 saturated carbocycles. The van der Waals surface area contributed by atoms with Crippen molar-refractivity contribution in [2.24, 2.45) is 11.7 Å². The van der Waals surface area contributed by atoms with E-state index in [9.17, 15) is 0 Å². The van der Waals surface area contributed by atoms with Gasteiger partial charge in [-0.3, -0.25) is 0 Å². The molecule has 2 atom stereocenters. The lowest BCUT2D eigenvalue weighted by Crippen LogP contribution is -2.20. The first-order chi connectivity index (χ1) is 7.33. The molecule has 0 radical (unpaired) electrons. The second-order valence-corrected chi connectivity index (χ2v) is 5.73. The molecule has 0 saturated heterocycles. The lowest BCUT2D eigenvalue weighted by Gasteiger charge is -2.23. The zero-order chi connectivity index (χ0) is 10.7. The van der Waals surface area contributed by atoms with Gasteiger partial charge in [-0.15, -0.1) is 11.3 Å². The van der Waals surface area contributed by atoms with E-state index in [0.717, 1.165) is 11.6 Å². The summed E-state index contributed by atoms with van der Waals surface area (Å²) < 4.78 is 0. The van der Waals surface area contributed by atoms with E-state index in [1.807, 2.05) is 6.07 Å². The van der Waals surface area contributed by atoms with Gasteiger partial charge in [0.25, 0.3) is 0 Å². The molecule has 0 amide bonds. The van der Waals surface area contributed by atoms with E-state index >= 15 is 0 Å². The summed E-state index contributed by atoms with van der Waals surface area (Å²) in [5.41, 5.74) is 5.88. The molecule has 0 spiro atoms. The van der Waals surface area contributed by atoms with Gasteiger partial charge in [0.05, 0.1) is 5.02 Å². The Morgan fingerprint density at radius 1 is 1.33 bits per heavy atom. The summed E-state index contributed by atoms with van der Waals surface area (Å²) in [5, 5.41) is 3.04. The van der Waals surface area contributed by atoms with E-state index in [-0.39, 0.29) is 0 Å². The first-order valence-electron chi connectivity index (χ1n) is 5.76. The Morgan fingerprint density at radius 2 is 2.13 bits per heavy atom. The van der Waals surface area contributed by atoms with Crippen molar-refractivity contribution in [1.82, 2.24) is 0 Å². The van der Waals surface area contributed by atoms with Crippen molar-refractivity contribution in [1.29, 1.82) is 0 Å². The van der Waals surface area contributed by atoms with Gasteiger partial charge in [-0.1, -0.05) is 30.9 Å². The van der Waals surface area contributed by atoms with Crippen LogP contribution in [0.3, 0.4) is 0 Å². The van der Waals surface area contributed by atoms with Gasteiger partial charge in [-0.2, -0.15) is 0 Å². The van der Waals surface area contributed by atoms with Gasteiger partial charge in [-0.05, 0) is 42.7 Å². The molecule has 1 aliphatic rings. The van der Waals surface area contributed by atoms with Crippen LogP contribution in [0, 0.1) is 5.92 Å². The molecule has 2 rings (SSSR count). The van der Waals surface area contributed by atoms with Crippen LogP contribution in [0.5, 0.6) is 0 Å². The zero-order valence-electron chi connectivity index (χ0n) is 8.92. The molecular weight excluding hydrogens is 226 g/mol. The molecule has 0 aliphatic heterocycles. The van der Waals surface area contributed by atoms with Crippen molar-refractivity contribution in [2.75, 3.05) is 6.54 Å². The highest BCUT2D eigenvalue weighted by Crippen LogP contribution is 2.41. The van der Waals surface area contributed by atoms with Crippen LogP contribution in [0.25, 0.3) is 0 Å². The van der Waals surface area contributed by atoms with E-state index in [4.69, 9.17) is 17.3 Å². The molecule has 0 bridgehead atoms. The first-order valence-corrected chi connectivity index (χ1v) is 7.01. The molecule has 2 unspecified atom stereocenters. The molecule has 2 N–H and O–H groups in total. The van der Waals surface area contributed by atoms with Gasteiger partial charge in [-0.25, -0.2) is 0 Å². The zero-order valence-corrected chi connectivity index (χ0v) is 10.5. The Balaban J connectivity index is 2.20. The highest BCUT2D eigenvalue weighted by atomic mass is 35.5. The molecule has 1 aromatic heterocycles. The summed E-state index contributed by atoms with van der Waals surface area (Å²) >= 11 is 8.02. The summed E-state index contributed by atoms with van der Waals surface area (Å²) in [5.74, 6) is 1.26. The van der Waals surface area contributed by atoms with E-state index in [1.54, 1.807) is 11.3 Å². The topological polar surface area (TPSA) is 26.0 Å². The van der Waals surface area contributed by atoms with Crippen LogP contribution in [0.1, 0.15) is 42.9 Å². The molecule has 1 aromatic rings. The number of halogens is 1. The number of hydrogen-bond donors (Lipinski definition) is 1. The van der Waals surface area contributed by atoms with Gasteiger partial charge in [0.1, 0.15) is 0 Å². The van der Waals surface area contributed by atoms with Crippen LogP contribution < -0.4 is 5.73 Å². The maximum absolute atomic E-state index is 6.22. The number of rotatable bonds is 2. The monoisotopic (exact) mass is 243 g/mol. The van der Waals surface area contributed by atoms with Crippen LogP contribution in [0.4, 0.5) is 0 Å². The van der Waals surface area contributed by atoms with Gasteiger partial charge in [0, 0.05) is 4.88 Å². The highest BCUT2D eigenvalue weighted by Gasteiger charge is 2.26. The van der Waals surface area contributed by atoms with Crippen molar-refractivity contribution >= 4 is 22.9 Å². The number of nitrogens with two attached hydrogens (primary N) is 1. The lowest BCUT2D eigenvalue weighted by molar-refractivity contribution is 0.413. The average Bonchev–Trinajstić information content (AvgIpc) is 2.54. The minimum Gasteiger partial charge on any atom is -0.330 e. The Labute approximate surface area is 101 Å². The molecule has 1 aliphatic carbocycles. The fraction of sp³-hybridized carbons (Fsp3) is 0.667. The number of hydrogen-bond acceptors (Lipinski definition) is 2. The van der Waals surface area contributed by atoms with Gasteiger partial charge in [0.15, 0.2) is 0 Å². The molecule has 15 heavy (non-hydrogen) atoms. The Bertz CT molecular complexity index is 310. The second kappa shape index (κ2) is 5.33. The van der Waals surface area contributed by atoms with Crippen LogP contribution in [-0.4, -0.2) is 6.54 Å². The third-order valence-electron chi connectivity index (χ3n) is 3.44. The maximum atomic E-state index is 6.22. The van der Waals surface area contributed by atoms with E-state index in [2.05, 4.69) is 5.38 Å². The molecule has 1 heterocycles. The Hall–Kier alpha value is -0.0500. The second-order valence-electron chi connectivity index (χ2n) is 4.37. The van der Waals surface area contributed by atoms with Crippen LogP contribution in [-0.2, 0) is 0 Å². The number of thiophene rings is 1. The minimum atomic E-state index is 0.616. The molecule has 3 heteroatoms. The lowest BCUT2D eigenvalue weighted by atomic mass is 9.87. The quantitative estimate of drug-likeness (QED) is 0.780. The largest absolute Gasteiger partial charge is 0.330 e. The standard InChI is InChI=1S/C12H18ClNS/c13-11-6-7-15-12(11)10-5-3-1-2-4-9(10)8-14/h6-7,9-10H,1-5,8,14H2. The molecule has 1 fully saturated rings. The predicted molar refractivity (Wildman–Crippen MR) is 67.7 cm³/mol. The van der Waals surface area contributed by atoms with Crippen molar-refractivity contribution in [2.45, 2.75) is 38.0 Å². The third-order valence-corrected chi connectivity index (χ3v) is 4.93. The first kappa shape index (κ1) is 11.4. The summed E-state index contributed by atoms with van der Waals surface area (Å²) in [6.07, 6.45) is 6.56. The van der Waals surface area contributed by atoms with Crippen molar-refractivity contribution in [3.8, 4) is 0 Å². The summed E-state index contributed by atoms with van der Waals surface area (Å²) in [7, 11) is 0. The SMILES string of the molecule is NCC1CCCCCC1c1sccc1Cl. The Kier molecular flexibility index (Phi) is 4.06.